The molecule has 2 rings (SSSR count). The summed E-state index contributed by atoms with van der Waals surface area (Å²) in [5, 5.41) is 9.53. The van der Waals surface area contributed by atoms with Crippen LogP contribution in [-0.2, 0) is 13.0 Å². The Morgan fingerprint density at radius 3 is 3.14 bits per heavy atom. The average Bonchev–Trinajstić information content (AvgIpc) is 2.46. The van der Waals surface area contributed by atoms with E-state index in [-0.39, 0.29) is 6.61 Å². The second-order valence-corrected chi connectivity index (χ2v) is 4.23. The second kappa shape index (κ2) is 3.91. The van der Waals surface area contributed by atoms with Gasteiger partial charge in [-0.05, 0) is 18.8 Å². The highest BCUT2D eigenvalue weighted by Crippen LogP contribution is 2.33. The maximum absolute atomic E-state index is 8.90. The molecule has 78 valence electrons. The molecule has 2 heterocycles. The fraction of sp³-hybridized carbons (Fsp3) is 0.700. The van der Waals surface area contributed by atoms with Gasteiger partial charge in [0.15, 0.2) is 5.15 Å². The molecule has 1 atom stereocenters. The van der Waals surface area contributed by atoms with Crippen LogP contribution in [0, 0.1) is 0 Å². The summed E-state index contributed by atoms with van der Waals surface area (Å²) >= 11 is 6.08. The van der Waals surface area contributed by atoms with Gasteiger partial charge in [-0.3, -0.25) is 0 Å². The van der Waals surface area contributed by atoms with Gasteiger partial charge in [0, 0.05) is 13.0 Å². The number of aliphatic hydroxyl groups is 1. The molecule has 1 aromatic heterocycles. The first-order valence-electron chi connectivity index (χ1n) is 5.09. The summed E-state index contributed by atoms with van der Waals surface area (Å²) in [4.78, 5) is 4.30. The molecule has 0 saturated carbocycles. The van der Waals surface area contributed by atoms with Crippen LogP contribution in [0.2, 0.25) is 5.15 Å². The van der Waals surface area contributed by atoms with Crippen molar-refractivity contribution in [2.24, 2.45) is 0 Å². The number of nitrogens with zero attached hydrogens (tertiary/aromatic N) is 2. The van der Waals surface area contributed by atoms with Crippen LogP contribution in [0.15, 0.2) is 0 Å². The van der Waals surface area contributed by atoms with Crippen molar-refractivity contribution in [1.29, 1.82) is 0 Å². The van der Waals surface area contributed by atoms with Gasteiger partial charge in [0.25, 0.3) is 0 Å². The SMILES string of the molecule is CC1CCCn2c(CCO)nc(Cl)c21. The van der Waals surface area contributed by atoms with Crippen LogP contribution in [0.3, 0.4) is 0 Å². The second-order valence-electron chi connectivity index (χ2n) is 3.87. The van der Waals surface area contributed by atoms with Gasteiger partial charge in [0.2, 0.25) is 0 Å². The van der Waals surface area contributed by atoms with Crippen molar-refractivity contribution in [2.75, 3.05) is 6.61 Å². The molecule has 0 aliphatic carbocycles. The van der Waals surface area contributed by atoms with E-state index in [1.165, 1.54) is 12.8 Å². The maximum Gasteiger partial charge on any atom is 0.150 e. The van der Waals surface area contributed by atoms with Gasteiger partial charge in [-0.15, -0.1) is 0 Å². The van der Waals surface area contributed by atoms with E-state index in [1.54, 1.807) is 0 Å². The van der Waals surface area contributed by atoms with Gasteiger partial charge in [-0.2, -0.15) is 0 Å². The zero-order valence-electron chi connectivity index (χ0n) is 8.33. The highest BCUT2D eigenvalue weighted by Gasteiger charge is 2.23. The summed E-state index contributed by atoms with van der Waals surface area (Å²) in [5.74, 6) is 1.43. The van der Waals surface area contributed by atoms with E-state index >= 15 is 0 Å². The summed E-state index contributed by atoms with van der Waals surface area (Å²) in [7, 11) is 0. The Morgan fingerprint density at radius 2 is 2.43 bits per heavy atom. The first kappa shape index (κ1) is 9.99. The maximum atomic E-state index is 8.90. The topological polar surface area (TPSA) is 38.0 Å². The van der Waals surface area contributed by atoms with Crippen LogP contribution in [0.4, 0.5) is 0 Å². The van der Waals surface area contributed by atoms with Gasteiger partial charge >= 0.3 is 0 Å². The smallest absolute Gasteiger partial charge is 0.150 e. The number of hydrogen-bond acceptors (Lipinski definition) is 2. The minimum Gasteiger partial charge on any atom is -0.396 e. The first-order chi connectivity index (χ1) is 6.74. The summed E-state index contributed by atoms with van der Waals surface area (Å²) in [6, 6.07) is 0. The summed E-state index contributed by atoms with van der Waals surface area (Å²) in [6.07, 6.45) is 2.97. The third kappa shape index (κ3) is 1.55. The van der Waals surface area contributed by atoms with Crippen molar-refractivity contribution in [2.45, 2.75) is 38.6 Å². The monoisotopic (exact) mass is 214 g/mol. The predicted octanol–water partition coefficient (Wildman–Crippen LogP) is 1.97. The fourth-order valence-electron chi connectivity index (χ4n) is 2.18. The standard InChI is InChI=1S/C10H15ClN2O/c1-7-3-2-5-13-8(4-6-14)12-10(11)9(7)13/h7,14H,2-6H2,1H3. The molecule has 0 bridgehead atoms. The largest absolute Gasteiger partial charge is 0.396 e. The van der Waals surface area contributed by atoms with Crippen molar-refractivity contribution in [3.05, 3.63) is 16.7 Å². The molecule has 0 fully saturated rings. The summed E-state index contributed by atoms with van der Waals surface area (Å²) in [6.45, 7) is 3.32. The van der Waals surface area contributed by atoms with Crippen molar-refractivity contribution >= 4 is 11.6 Å². The van der Waals surface area contributed by atoms with E-state index in [4.69, 9.17) is 16.7 Å². The molecule has 0 radical (unpaired) electrons. The van der Waals surface area contributed by atoms with Crippen LogP contribution in [0.1, 0.15) is 37.2 Å². The molecule has 0 spiro atoms. The lowest BCUT2D eigenvalue weighted by Gasteiger charge is -2.22. The number of hydrogen-bond donors (Lipinski definition) is 1. The van der Waals surface area contributed by atoms with Gasteiger partial charge < -0.3 is 9.67 Å². The van der Waals surface area contributed by atoms with Crippen LogP contribution in [0.25, 0.3) is 0 Å². The minimum absolute atomic E-state index is 0.140. The van der Waals surface area contributed by atoms with Crippen LogP contribution >= 0.6 is 11.6 Å². The normalized spacial score (nSPS) is 20.9. The zero-order valence-corrected chi connectivity index (χ0v) is 9.09. The Bertz CT molecular complexity index is 335. The molecule has 14 heavy (non-hydrogen) atoms. The van der Waals surface area contributed by atoms with Gasteiger partial charge in [-0.1, -0.05) is 18.5 Å². The molecule has 0 amide bonds. The molecule has 4 heteroatoms. The number of aliphatic hydroxyl groups excluding tert-OH is 1. The van der Waals surface area contributed by atoms with Crippen molar-refractivity contribution in [3.63, 3.8) is 0 Å². The summed E-state index contributed by atoms with van der Waals surface area (Å²) < 4.78 is 2.17. The number of fused-ring (bicyclic) bond motifs is 1. The molecule has 1 N–H and O–H groups in total. The van der Waals surface area contributed by atoms with Crippen LogP contribution in [-0.4, -0.2) is 21.3 Å². The Kier molecular flexibility index (Phi) is 2.79. The lowest BCUT2D eigenvalue weighted by molar-refractivity contribution is 0.293. The van der Waals surface area contributed by atoms with E-state index in [2.05, 4.69) is 16.5 Å². The molecule has 0 saturated heterocycles. The summed E-state index contributed by atoms with van der Waals surface area (Å²) in [5.41, 5.74) is 1.15. The lowest BCUT2D eigenvalue weighted by atomic mass is 9.98. The first-order valence-corrected chi connectivity index (χ1v) is 5.47. The number of aromatic nitrogens is 2. The number of rotatable bonds is 2. The van der Waals surface area contributed by atoms with E-state index in [0.29, 0.717) is 17.5 Å². The molecule has 1 aromatic rings. The molecule has 0 aromatic carbocycles. The molecule has 1 unspecified atom stereocenters. The fourth-order valence-corrected chi connectivity index (χ4v) is 2.57. The molecule has 3 nitrogen and oxygen atoms in total. The number of imidazole rings is 1. The zero-order chi connectivity index (χ0) is 10.1. The average molecular weight is 215 g/mol. The van der Waals surface area contributed by atoms with Crippen molar-refractivity contribution < 1.29 is 5.11 Å². The van der Waals surface area contributed by atoms with Gasteiger partial charge in [-0.25, -0.2) is 4.98 Å². The Hall–Kier alpha value is -0.540. The van der Waals surface area contributed by atoms with Gasteiger partial charge in [0.05, 0.1) is 12.3 Å². The Morgan fingerprint density at radius 1 is 1.64 bits per heavy atom. The molecular weight excluding hydrogens is 200 g/mol. The molecule has 1 aliphatic rings. The van der Waals surface area contributed by atoms with Crippen LogP contribution < -0.4 is 0 Å². The van der Waals surface area contributed by atoms with E-state index in [1.807, 2.05) is 0 Å². The highest BCUT2D eigenvalue weighted by atomic mass is 35.5. The lowest BCUT2D eigenvalue weighted by Crippen LogP contribution is -2.16. The van der Waals surface area contributed by atoms with Crippen LogP contribution in [0.5, 0.6) is 0 Å². The Balaban J connectivity index is 2.41. The quantitative estimate of drug-likeness (QED) is 0.818. The third-order valence-electron chi connectivity index (χ3n) is 2.86. The van der Waals surface area contributed by atoms with E-state index in [0.717, 1.165) is 18.1 Å². The van der Waals surface area contributed by atoms with Crippen molar-refractivity contribution in [1.82, 2.24) is 9.55 Å². The Labute approximate surface area is 88.7 Å². The third-order valence-corrected chi connectivity index (χ3v) is 3.14. The van der Waals surface area contributed by atoms with E-state index < -0.39 is 0 Å². The molecule has 1 aliphatic heterocycles. The van der Waals surface area contributed by atoms with E-state index in [9.17, 15) is 0 Å². The predicted molar refractivity (Wildman–Crippen MR) is 55.7 cm³/mol. The number of halogens is 1. The highest BCUT2D eigenvalue weighted by molar-refractivity contribution is 6.30. The minimum atomic E-state index is 0.140. The molecular formula is C10H15ClN2O. The van der Waals surface area contributed by atoms with Crippen molar-refractivity contribution in [3.8, 4) is 0 Å². The van der Waals surface area contributed by atoms with Gasteiger partial charge in [0.1, 0.15) is 5.82 Å².